The molecule has 80 valence electrons. The minimum Gasteiger partial charge on any atom is -0.428 e. The molecule has 15 heavy (non-hydrogen) atoms. The fourth-order valence-corrected chi connectivity index (χ4v) is 0.881. The second kappa shape index (κ2) is 4.85. The van der Waals surface area contributed by atoms with E-state index in [0.29, 0.717) is 0 Å². The van der Waals surface area contributed by atoms with Crippen molar-refractivity contribution in [3.8, 4) is 5.75 Å². The largest absolute Gasteiger partial charge is 0.488 e. The molecule has 0 saturated heterocycles. The van der Waals surface area contributed by atoms with Gasteiger partial charge in [0.1, 0.15) is 5.75 Å². The van der Waals surface area contributed by atoms with Gasteiger partial charge in [0.15, 0.2) is 0 Å². The van der Waals surface area contributed by atoms with Crippen LogP contribution >= 0.6 is 0 Å². The van der Waals surface area contributed by atoms with Crippen molar-refractivity contribution < 1.29 is 28.0 Å². The van der Waals surface area contributed by atoms with Gasteiger partial charge in [-0.15, -0.1) is 0 Å². The lowest BCUT2D eigenvalue weighted by Crippen LogP contribution is -2.29. The molecule has 0 atom stereocenters. The molecule has 0 aromatic heterocycles. The number of halogens is 3. The first-order valence-electron chi connectivity index (χ1n) is 3.85. The van der Waals surface area contributed by atoms with Gasteiger partial charge >= 0.3 is 19.2 Å². The third-order valence-electron chi connectivity index (χ3n) is 1.51. The first kappa shape index (κ1) is 11.6. The first-order valence-corrected chi connectivity index (χ1v) is 3.85. The van der Waals surface area contributed by atoms with E-state index in [1.807, 2.05) is 0 Å². The highest BCUT2D eigenvalue weighted by Crippen LogP contribution is 2.16. The van der Waals surface area contributed by atoms with Crippen LogP contribution in [-0.2, 0) is 0 Å². The molecule has 7 heteroatoms. The van der Waals surface area contributed by atoms with E-state index in [-0.39, 0.29) is 11.2 Å². The van der Waals surface area contributed by atoms with Crippen LogP contribution < -0.4 is 10.2 Å². The van der Waals surface area contributed by atoms with Crippen molar-refractivity contribution in [2.45, 2.75) is 0 Å². The fraction of sp³-hybridized carbons (Fsp3) is 0. The van der Waals surface area contributed by atoms with Crippen molar-refractivity contribution in [3.63, 3.8) is 0 Å². The van der Waals surface area contributed by atoms with Gasteiger partial charge < -0.3 is 14.8 Å². The second-order valence-corrected chi connectivity index (χ2v) is 2.58. The van der Waals surface area contributed by atoms with Gasteiger partial charge in [-0.1, -0.05) is 12.1 Å². The van der Waals surface area contributed by atoms with Gasteiger partial charge in [-0.3, -0.25) is 0 Å². The Hall–Kier alpha value is -1.47. The van der Waals surface area contributed by atoms with Crippen LogP contribution in [0.15, 0.2) is 36.4 Å². The normalized spacial score (nSPS) is 9.67. The minimum atomic E-state index is -2.58. The SMILES string of the molecule is OB(O)c1cccc(OC(F)=C(F)F)c1. The van der Waals surface area contributed by atoms with Crippen molar-refractivity contribution in [2.24, 2.45) is 0 Å². The average molecular weight is 218 g/mol. The van der Waals surface area contributed by atoms with Crippen LogP contribution in [0.3, 0.4) is 0 Å². The molecule has 1 rings (SSSR count). The molecular formula is C8H6BF3O3. The molecule has 0 amide bonds. The third kappa shape index (κ3) is 3.30. The van der Waals surface area contributed by atoms with E-state index >= 15 is 0 Å². The molecule has 1 aromatic carbocycles. The Labute approximate surface area is 83.6 Å². The van der Waals surface area contributed by atoms with E-state index in [1.165, 1.54) is 18.2 Å². The van der Waals surface area contributed by atoms with E-state index in [4.69, 9.17) is 10.0 Å². The monoisotopic (exact) mass is 218 g/mol. The van der Waals surface area contributed by atoms with Crippen LogP contribution in [0.25, 0.3) is 0 Å². The standard InChI is InChI=1S/C8H6BF3O3/c10-7(11)8(12)15-6-3-1-2-5(4-6)9(13)14/h1-4,13-14H. The van der Waals surface area contributed by atoms with Crippen LogP contribution in [0.5, 0.6) is 5.75 Å². The molecule has 0 unspecified atom stereocenters. The Morgan fingerprint density at radius 1 is 1.20 bits per heavy atom. The summed E-state index contributed by atoms with van der Waals surface area (Å²) in [5.74, 6) is -0.245. The maximum Gasteiger partial charge on any atom is 0.488 e. The number of hydrogen-bond acceptors (Lipinski definition) is 3. The number of benzene rings is 1. The van der Waals surface area contributed by atoms with Gasteiger partial charge in [-0.2, -0.15) is 13.2 Å². The first-order chi connectivity index (χ1) is 7.00. The highest BCUT2D eigenvalue weighted by molar-refractivity contribution is 6.58. The zero-order valence-corrected chi connectivity index (χ0v) is 7.32. The van der Waals surface area contributed by atoms with Gasteiger partial charge in [-0.25, -0.2) is 0 Å². The highest BCUT2D eigenvalue weighted by atomic mass is 19.3. The maximum absolute atomic E-state index is 12.3. The Morgan fingerprint density at radius 2 is 1.87 bits per heavy atom. The minimum absolute atomic E-state index is 0.0135. The van der Waals surface area contributed by atoms with E-state index in [1.54, 1.807) is 0 Å². The predicted molar refractivity (Wildman–Crippen MR) is 47.2 cm³/mol. The maximum atomic E-state index is 12.3. The Kier molecular flexibility index (Phi) is 3.76. The van der Waals surface area contributed by atoms with Crippen molar-refractivity contribution in [3.05, 3.63) is 36.4 Å². The number of ether oxygens (including phenoxy) is 1. The van der Waals surface area contributed by atoms with Crippen molar-refractivity contribution >= 4 is 12.6 Å². The lowest BCUT2D eigenvalue weighted by Gasteiger charge is -2.04. The molecule has 0 heterocycles. The lowest BCUT2D eigenvalue weighted by atomic mass is 9.80. The Morgan fingerprint density at radius 3 is 2.40 bits per heavy atom. The van der Waals surface area contributed by atoms with Crippen LogP contribution in [0.4, 0.5) is 13.2 Å². The summed E-state index contributed by atoms with van der Waals surface area (Å²) in [5.41, 5.74) is 0.0135. The van der Waals surface area contributed by atoms with Gasteiger partial charge in [0.05, 0.1) is 0 Å². The summed E-state index contributed by atoms with van der Waals surface area (Å²) in [4.78, 5) is 0. The molecule has 0 bridgehead atoms. The van der Waals surface area contributed by atoms with Crippen molar-refractivity contribution in [1.29, 1.82) is 0 Å². The Balaban J connectivity index is 2.88. The zero-order chi connectivity index (χ0) is 11.4. The summed E-state index contributed by atoms with van der Waals surface area (Å²) in [7, 11) is -1.77. The quantitative estimate of drug-likeness (QED) is 0.582. The van der Waals surface area contributed by atoms with Crippen molar-refractivity contribution in [2.75, 3.05) is 0 Å². The third-order valence-corrected chi connectivity index (χ3v) is 1.51. The predicted octanol–water partition coefficient (Wildman–Crippen LogP) is 0.780. The van der Waals surface area contributed by atoms with Gasteiger partial charge in [-0.05, 0) is 17.6 Å². The summed E-state index contributed by atoms with van der Waals surface area (Å²) < 4.78 is 39.7. The Bertz CT molecular complexity index is 377. The second-order valence-electron chi connectivity index (χ2n) is 2.58. The summed E-state index contributed by atoms with van der Waals surface area (Å²) in [5, 5.41) is 17.5. The number of hydrogen-bond donors (Lipinski definition) is 2. The molecule has 3 nitrogen and oxygen atoms in total. The highest BCUT2D eigenvalue weighted by Gasteiger charge is 2.13. The molecule has 0 fully saturated rings. The van der Waals surface area contributed by atoms with Crippen LogP contribution in [0.1, 0.15) is 0 Å². The van der Waals surface area contributed by atoms with E-state index in [2.05, 4.69) is 4.74 Å². The molecule has 0 aliphatic heterocycles. The van der Waals surface area contributed by atoms with Crippen molar-refractivity contribution in [1.82, 2.24) is 0 Å². The molecule has 2 N–H and O–H groups in total. The van der Waals surface area contributed by atoms with Gasteiger partial charge in [0.25, 0.3) is 0 Å². The fourth-order valence-electron chi connectivity index (χ4n) is 0.881. The molecule has 0 saturated carbocycles. The average Bonchev–Trinajstić information content (AvgIpc) is 2.18. The molecular weight excluding hydrogens is 212 g/mol. The molecule has 0 spiro atoms. The van der Waals surface area contributed by atoms with Crippen LogP contribution in [-0.4, -0.2) is 17.2 Å². The van der Waals surface area contributed by atoms with Gasteiger partial charge in [0.2, 0.25) is 0 Å². The summed E-state index contributed by atoms with van der Waals surface area (Å²) in [6, 6.07) is 2.86. The van der Waals surface area contributed by atoms with E-state index in [9.17, 15) is 13.2 Å². The molecule has 0 aliphatic carbocycles. The molecule has 1 aromatic rings. The molecule has 0 radical (unpaired) electrons. The van der Waals surface area contributed by atoms with Crippen LogP contribution in [0, 0.1) is 0 Å². The smallest absolute Gasteiger partial charge is 0.428 e. The summed E-state index contributed by atoms with van der Waals surface area (Å²) >= 11 is 0. The number of rotatable bonds is 3. The van der Waals surface area contributed by atoms with Crippen LogP contribution in [0.2, 0.25) is 0 Å². The molecule has 0 aliphatic rings. The summed E-state index contributed by atoms with van der Waals surface area (Å²) in [6.07, 6.45) is -2.58. The van der Waals surface area contributed by atoms with Gasteiger partial charge in [0, 0.05) is 0 Å². The van der Waals surface area contributed by atoms with E-state index < -0.39 is 19.2 Å². The summed E-state index contributed by atoms with van der Waals surface area (Å²) in [6.45, 7) is 0. The topological polar surface area (TPSA) is 49.7 Å². The lowest BCUT2D eigenvalue weighted by molar-refractivity contribution is 0.241. The zero-order valence-electron chi connectivity index (χ0n) is 7.32. The van der Waals surface area contributed by atoms with E-state index in [0.717, 1.165) is 6.07 Å².